The van der Waals surface area contributed by atoms with Gasteiger partial charge >= 0.3 is 0 Å². The van der Waals surface area contributed by atoms with Crippen LogP contribution in [0.15, 0.2) is 29.3 Å². The third kappa shape index (κ3) is 3.37. The topological polar surface area (TPSA) is 62.9 Å². The number of hydrogen-bond acceptors (Lipinski definition) is 3. The minimum absolute atomic E-state index is 0.453. The molecule has 1 aromatic rings. The molecule has 98 valence electrons. The van der Waals surface area contributed by atoms with E-state index in [0.717, 1.165) is 18.3 Å². The molecule has 1 saturated carbocycles. The van der Waals surface area contributed by atoms with Gasteiger partial charge in [0.1, 0.15) is 5.75 Å². The number of methoxy groups -OCH3 is 1. The van der Waals surface area contributed by atoms with E-state index in [1.54, 1.807) is 7.11 Å². The molecule has 1 aromatic carbocycles. The molecular weight excluding hydrogens is 228 g/mol. The molecule has 0 unspecified atom stereocenters. The molecule has 0 aliphatic heterocycles. The molecule has 0 amide bonds. The molecule has 0 radical (unpaired) electrons. The summed E-state index contributed by atoms with van der Waals surface area (Å²) in [5.74, 6) is 7.12. The molecule has 0 aromatic heterocycles. The lowest BCUT2D eigenvalue weighted by Gasteiger charge is -2.20. The van der Waals surface area contributed by atoms with E-state index < -0.39 is 0 Å². The Kier molecular flexibility index (Phi) is 4.04. The number of aliphatic imine (C=N–C) groups is 1. The van der Waals surface area contributed by atoms with Crippen LogP contribution < -0.4 is 16.0 Å². The maximum absolute atomic E-state index is 5.51. The monoisotopic (exact) mass is 248 g/mol. The van der Waals surface area contributed by atoms with Crippen LogP contribution in [-0.4, -0.2) is 31.1 Å². The van der Waals surface area contributed by atoms with Gasteiger partial charge in [-0.25, -0.2) is 10.8 Å². The van der Waals surface area contributed by atoms with Crippen molar-refractivity contribution in [2.75, 3.05) is 14.2 Å². The minimum Gasteiger partial charge on any atom is -0.497 e. The normalized spacial score (nSPS) is 15.4. The van der Waals surface area contributed by atoms with Gasteiger partial charge in [-0.15, -0.1) is 0 Å². The van der Waals surface area contributed by atoms with E-state index in [1.807, 2.05) is 36.2 Å². The molecule has 0 atom stereocenters. The highest BCUT2D eigenvalue weighted by Crippen LogP contribution is 2.23. The van der Waals surface area contributed by atoms with Gasteiger partial charge in [0.15, 0.2) is 0 Å². The largest absolute Gasteiger partial charge is 0.497 e. The summed E-state index contributed by atoms with van der Waals surface area (Å²) < 4.78 is 5.13. The second-order valence-corrected chi connectivity index (χ2v) is 4.53. The molecule has 1 fully saturated rings. The fourth-order valence-electron chi connectivity index (χ4n) is 1.70. The standard InChI is InChI=1S/C13H20N4O/c1-17(13(16-14)15-11-5-6-11)9-10-3-7-12(18-2)8-4-10/h3-4,7-8,11H,5-6,9,14H2,1-2H3,(H,15,16). The summed E-state index contributed by atoms with van der Waals surface area (Å²) in [7, 11) is 3.64. The second-order valence-electron chi connectivity index (χ2n) is 4.53. The zero-order valence-electron chi connectivity index (χ0n) is 10.9. The fraction of sp³-hybridized carbons (Fsp3) is 0.462. The van der Waals surface area contributed by atoms with Gasteiger partial charge in [0.2, 0.25) is 5.96 Å². The molecule has 5 nitrogen and oxygen atoms in total. The Hall–Kier alpha value is -1.75. The lowest BCUT2D eigenvalue weighted by Crippen LogP contribution is -2.42. The van der Waals surface area contributed by atoms with Crippen molar-refractivity contribution < 1.29 is 4.74 Å². The van der Waals surface area contributed by atoms with Crippen LogP contribution in [0.2, 0.25) is 0 Å². The number of guanidine groups is 1. The van der Waals surface area contributed by atoms with Gasteiger partial charge in [-0.2, -0.15) is 0 Å². The van der Waals surface area contributed by atoms with E-state index >= 15 is 0 Å². The van der Waals surface area contributed by atoms with Crippen LogP contribution in [0.3, 0.4) is 0 Å². The average Bonchev–Trinajstić information content (AvgIpc) is 3.20. The summed E-state index contributed by atoms with van der Waals surface area (Å²) in [5, 5.41) is 0. The Morgan fingerprint density at radius 3 is 2.61 bits per heavy atom. The molecule has 5 heteroatoms. The van der Waals surface area contributed by atoms with Crippen molar-refractivity contribution in [2.24, 2.45) is 10.8 Å². The van der Waals surface area contributed by atoms with Crippen LogP contribution in [0.1, 0.15) is 18.4 Å². The Labute approximate surface area is 108 Å². The van der Waals surface area contributed by atoms with E-state index in [-0.39, 0.29) is 0 Å². The van der Waals surface area contributed by atoms with Crippen molar-refractivity contribution in [1.29, 1.82) is 0 Å². The Balaban J connectivity index is 1.97. The zero-order valence-corrected chi connectivity index (χ0v) is 10.9. The maximum atomic E-state index is 5.51. The molecule has 1 aliphatic rings. The van der Waals surface area contributed by atoms with Gasteiger partial charge in [0.05, 0.1) is 13.2 Å². The fourth-order valence-corrected chi connectivity index (χ4v) is 1.70. The van der Waals surface area contributed by atoms with Crippen LogP contribution >= 0.6 is 0 Å². The van der Waals surface area contributed by atoms with Crippen molar-refractivity contribution in [1.82, 2.24) is 10.3 Å². The van der Waals surface area contributed by atoms with Gasteiger partial charge < -0.3 is 9.64 Å². The van der Waals surface area contributed by atoms with Crippen LogP contribution in [0.25, 0.3) is 0 Å². The molecule has 2 rings (SSSR count). The number of nitrogens with two attached hydrogens (primary N) is 1. The highest BCUT2D eigenvalue weighted by atomic mass is 16.5. The Morgan fingerprint density at radius 2 is 2.11 bits per heavy atom. The van der Waals surface area contributed by atoms with Crippen LogP contribution in [-0.2, 0) is 6.54 Å². The summed E-state index contributed by atoms with van der Waals surface area (Å²) in [4.78, 5) is 6.53. The van der Waals surface area contributed by atoms with E-state index in [0.29, 0.717) is 6.04 Å². The molecule has 0 heterocycles. The first-order chi connectivity index (χ1) is 8.72. The van der Waals surface area contributed by atoms with Crippen molar-refractivity contribution in [3.63, 3.8) is 0 Å². The molecule has 0 bridgehead atoms. The van der Waals surface area contributed by atoms with Gasteiger partial charge in [-0.05, 0) is 30.5 Å². The van der Waals surface area contributed by atoms with Gasteiger partial charge in [0, 0.05) is 13.6 Å². The SMILES string of the molecule is COc1ccc(CN(C)C(=NC2CC2)NN)cc1. The number of nitrogens with one attached hydrogen (secondary N) is 1. The highest BCUT2D eigenvalue weighted by Gasteiger charge is 2.21. The maximum Gasteiger partial charge on any atom is 0.208 e. The quantitative estimate of drug-likeness (QED) is 0.362. The van der Waals surface area contributed by atoms with Crippen LogP contribution in [0.5, 0.6) is 5.75 Å². The van der Waals surface area contributed by atoms with E-state index in [2.05, 4.69) is 10.4 Å². The lowest BCUT2D eigenvalue weighted by molar-refractivity contribution is 0.414. The smallest absolute Gasteiger partial charge is 0.208 e. The zero-order chi connectivity index (χ0) is 13.0. The molecule has 18 heavy (non-hydrogen) atoms. The minimum atomic E-state index is 0.453. The molecule has 0 saturated heterocycles. The van der Waals surface area contributed by atoms with Gasteiger partial charge in [-0.1, -0.05) is 12.1 Å². The molecule has 3 N–H and O–H groups in total. The Bertz CT molecular complexity index is 412. The number of rotatable bonds is 4. The van der Waals surface area contributed by atoms with Crippen LogP contribution in [0, 0.1) is 0 Å². The number of ether oxygens (including phenoxy) is 1. The third-order valence-corrected chi connectivity index (χ3v) is 2.92. The summed E-state index contributed by atoms with van der Waals surface area (Å²) in [6, 6.07) is 8.45. The van der Waals surface area contributed by atoms with Crippen molar-refractivity contribution in [3.8, 4) is 5.75 Å². The lowest BCUT2D eigenvalue weighted by atomic mass is 10.2. The van der Waals surface area contributed by atoms with E-state index in [9.17, 15) is 0 Å². The number of nitrogens with zero attached hydrogens (tertiary/aromatic N) is 2. The first-order valence-electron chi connectivity index (χ1n) is 6.11. The number of benzene rings is 1. The predicted molar refractivity (Wildman–Crippen MR) is 72.2 cm³/mol. The number of hydrazine groups is 1. The number of hydrogen-bond donors (Lipinski definition) is 2. The molecular formula is C13H20N4O. The van der Waals surface area contributed by atoms with Gasteiger partial charge in [0.25, 0.3) is 0 Å². The summed E-state index contributed by atoms with van der Waals surface area (Å²) >= 11 is 0. The summed E-state index contributed by atoms with van der Waals surface area (Å²) in [5.41, 5.74) is 3.86. The average molecular weight is 248 g/mol. The first-order valence-corrected chi connectivity index (χ1v) is 6.11. The molecule has 0 spiro atoms. The highest BCUT2D eigenvalue weighted by molar-refractivity contribution is 5.79. The second kappa shape index (κ2) is 5.73. The Morgan fingerprint density at radius 1 is 1.44 bits per heavy atom. The van der Waals surface area contributed by atoms with Crippen molar-refractivity contribution >= 4 is 5.96 Å². The first kappa shape index (κ1) is 12.7. The molecule has 1 aliphatic carbocycles. The van der Waals surface area contributed by atoms with Crippen molar-refractivity contribution in [3.05, 3.63) is 29.8 Å². The predicted octanol–water partition coefficient (Wildman–Crippen LogP) is 1.11. The van der Waals surface area contributed by atoms with Crippen molar-refractivity contribution in [2.45, 2.75) is 25.4 Å². The third-order valence-electron chi connectivity index (χ3n) is 2.92. The van der Waals surface area contributed by atoms with Gasteiger partial charge in [-0.3, -0.25) is 5.43 Å². The summed E-state index contributed by atoms with van der Waals surface area (Å²) in [6.45, 7) is 0.764. The summed E-state index contributed by atoms with van der Waals surface area (Å²) in [6.07, 6.45) is 2.34. The van der Waals surface area contributed by atoms with E-state index in [4.69, 9.17) is 10.6 Å². The van der Waals surface area contributed by atoms with E-state index in [1.165, 1.54) is 18.4 Å². The van der Waals surface area contributed by atoms with Crippen LogP contribution in [0.4, 0.5) is 0 Å².